The molecule has 0 spiro atoms. The Labute approximate surface area is 111 Å². The molecule has 2 aromatic rings. The van der Waals surface area contributed by atoms with Gasteiger partial charge in [-0.25, -0.2) is 4.79 Å². The lowest BCUT2D eigenvalue weighted by atomic mass is 9.98. The van der Waals surface area contributed by atoms with Gasteiger partial charge in [0.25, 0.3) is 0 Å². The summed E-state index contributed by atoms with van der Waals surface area (Å²) in [6.07, 6.45) is 1.01. The fourth-order valence-corrected chi connectivity index (χ4v) is 3.08. The Morgan fingerprint density at radius 2 is 2.11 bits per heavy atom. The van der Waals surface area contributed by atoms with Crippen molar-refractivity contribution in [3.05, 3.63) is 35.5 Å². The first-order chi connectivity index (χ1) is 8.36. The highest BCUT2D eigenvalue weighted by Crippen LogP contribution is 2.34. The Balaban J connectivity index is 0.000001000. The van der Waals surface area contributed by atoms with Crippen LogP contribution in [0.4, 0.5) is 4.79 Å². The highest BCUT2D eigenvalue weighted by atomic mass is 35.5. The summed E-state index contributed by atoms with van der Waals surface area (Å²) in [5, 5.41) is 7.63. The average Bonchev–Trinajstić information content (AvgIpc) is 2.71. The number of carbonyl (C=O) groups excluding carboxylic acids is 1. The maximum Gasteiger partial charge on any atom is 0.326 e. The zero-order valence-corrected chi connectivity index (χ0v) is 10.6. The lowest BCUT2D eigenvalue weighted by molar-refractivity contribution is 0.235. The number of carbonyl (C=O) groups is 1. The van der Waals surface area contributed by atoms with Crippen molar-refractivity contribution in [2.75, 3.05) is 13.1 Å². The van der Waals surface area contributed by atoms with Crippen LogP contribution in [0.3, 0.4) is 0 Å². The normalized spacial score (nSPS) is 21.1. The number of hydrogen-bond donors (Lipinski definition) is 2. The van der Waals surface area contributed by atoms with E-state index in [0.717, 1.165) is 18.5 Å². The molecule has 1 unspecified atom stereocenters. The maximum absolute atomic E-state index is 12.0. The number of aromatic nitrogens is 1. The van der Waals surface area contributed by atoms with Crippen LogP contribution in [0.2, 0.25) is 0 Å². The van der Waals surface area contributed by atoms with Crippen molar-refractivity contribution in [2.24, 2.45) is 0 Å². The number of nitrogens with one attached hydrogen (secondary N) is 2. The molecule has 4 nitrogen and oxygen atoms in total. The summed E-state index contributed by atoms with van der Waals surface area (Å²) in [7, 11) is 0. The standard InChI is InChI=1S/C13H13N3O.ClH/c17-13-15-7-10-12-9(5-6-14-10)8-3-1-2-4-11(8)16(12)13;/h1-4,10,14H,5-7H2,(H,15,17);1H. The van der Waals surface area contributed by atoms with Crippen LogP contribution in [-0.2, 0) is 6.42 Å². The minimum Gasteiger partial charge on any atom is -0.335 e. The third-order valence-corrected chi connectivity index (χ3v) is 3.78. The van der Waals surface area contributed by atoms with Gasteiger partial charge < -0.3 is 10.6 Å². The van der Waals surface area contributed by atoms with Gasteiger partial charge in [0.1, 0.15) is 0 Å². The smallest absolute Gasteiger partial charge is 0.326 e. The molecule has 0 aliphatic carbocycles. The SMILES string of the molecule is Cl.O=C1NCC2NCCc3c2n1c1ccccc31. The lowest BCUT2D eigenvalue weighted by Crippen LogP contribution is -2.46. The van der Waals surface area contributed by atoms with Crippen LogP contribution < -0.4 is 10.6 Å². The third-order valence-electron chi connectivity index (χ3n) is 3.78. The molecule has 2 aliphatic heterocycles. The summed E-state index contributed by atoms with van der Waals surface area (Å²) < 4.78 is 1.84. The number of amides is 1. The number of rotatable bonds is 0. The second kappa shape index (κ2) is 4.00. The van der Waals surface area contributed by atoms with Crippen LogP contribution in [0.15, 0.2) is 24.3 Å². The Hall–Kier alpha value is -1.52. The Morgan fingerprint density at radius 1 is 1.28 bits per heavy atom. The van der Waals surface area contributed by atoms with Crippen LogP contribution in [0, 0.1) is 0 Å². The van der Waals surface area contributed by atoms with Gasteiger partial charge in [-0.2, -0.15) is 0 Å². The first-order valence-corrected chi connectivity index (χ1v) is 6.00. The van der Waals surface area contributed by atoms with E-state index in [1.54, 1.807) is 0 Å². The highest BCUT2D eigenvalue weighted by molar-refractivity contribution is 5.96. The van der Waals surface area contributed by atoms with E-state index in [9.17, 15) is 4.79 Å². The quantitative estimate of drug-likeness (QED) is 0.762. The minimum atomic E-state index is 0. The van der Waals surface area contributed by atoms with Crippen LogP contribution in [-0.4, -0.2) is 23.7 Å². The molecule has 1 amide bonds. The zero-order chi connectivity index (χ0) is 11.4. The largest absolute Gasteiger partial charge is 0.335 e. The molecule has 3 heterocycles. The van der Waals surface area contributed by atoms with Crippen molar-refractivity contribution in [1.82, 2.24) is 15.2 Å². The zero-order valence-electron chi connectivity index (χ0n) is 9.77. The molecule has 0 saturated carbocycles. The van der Waals surface area contributed by atoms with E-state index in [4.69, 9.17) is 0 Å². The molecule has 0 fully saturated rings. The maximum atomic E-state index is 12.0. The van der Waals surface area contributed by atoms with E-state index in [-0.39, 0.29) is 24.5 Å². The van der Waals surface area contributed by atoms with Gasteiger partial charge in [-0.15, -0.1) is 12.4 Å². The number of para-hydroxylation sites is 1. The molecule has 1 aromatic heterocycles. The fraction of sp³-hybridized carbons (Fsp3) is 0.308. The van der Waals surface area contributed by atoms with Gasteiger partial charge in [-0.3, -0.25) is 4.57 Å². The van der Waals surface area contributed by atoms with Crippen molar-refractivity contribution in [3.8, 4) is 0 Å². The van der Waals surface area contributed by atoms with Crippen LogP contribution >= 0.6 is 12.4 Å². The summed E-state index contributed by atoms with van der Waals surface area (Å²) in [4.78, 5) is 12.0. The topological polar surface area (TPSA) is 46.1 Å². The first kappa shape index (κ1) is 11.6. The second-order valence-electron chi connectivity index (χ2n) is 4.66. The first-order valence-electron chi connectivity index (χ1n) is 6.00. The molecule has 2 N–H and O–H groups in total. The van der Waals surface area contributed by atoms with Gasteiger partial charge >= 0.3 is 6.03 Å². The van der Waals surface area contributed by atoms with E-state index in [2.05, 4.69) is 16.7 Å². The summed E-state index contributed by atoms with van der Waals surface area (Å²) in [5.74, 6) is 0. The van der Waals surface area contributed by atoms with E-state index in [0.29, 0.717) is 6.54 Å². The van der Waals surface area contributed by atoms with Gasteiger partial charge in [-0.1, -0.05) is 18.2 Å². The molecule has 1 atom stereocenters. The molecule has 18 heavy (non-hydrogen) atoms. The Bertz CT molecular complexity index is 634. The number of hydrogen-bond acceptors (Lipinski definition) is 2. The average molecular weight is 264 g/mol. The summed E-state index contributed by atoms with van der Waals surface area (Å²) in [6.45, 7) is 1.68. The van der Waals surface area contributed by atoms with Gasteiger partial charge in [0.2, 0.25) is 0 Å². The van der Waals surface area contributed by atoms with Gasteiger partial charge in [0, 0.05) is 11.9 Å². The van der Waals surface area contributed by atoms with E-state index >= 15 is 0 Å². The molecule has 0 bridgehead atoms. The Kier molecular flexibility index (Phi) is 2.57. The van der Waals surface area contributed by atoms with Crippen LogP contribution in [0.5, 0.6) is 0 Å². The summed E-state index contributed by atoms with van der Waals surface area (Å²) >= 11 is 0. The van der Waals surface area contributed by atoms with Gasteiger partial charge in [0.15, 0.2) is 0 Å². The van der Waals surface area contributed by atoms with Crippen molar-refractivity contribution < 1.29 is 4.79 Å². The molecule has 5 heteroatoms. The van der Waals surface area contributed by atoms with Gasteiger partial charge in [-0.05, 0) is 24.6 Å². The van der Waals surface area contributed by atoms with Crippen LogP contribution in [0.1, 0.15) is 17.3 Å². The summed E-state index contributed by atoms with van der Waals surface area (Å²) in [6, 6.07) is 8.44. The number of fused-ring (bicyclic) bond motifs is 3. The molecular formula is C13H14ClN3O. The van der Waals surface area contributed by atoms with E-state index < -0.39 is 0 Å². The van der Waals surface area contributed by atoms with E-state index in [1.807, 2.05) is 22.8 Å². The lowest BCUT2D eigenvalue weighted by Gasteiger charge is -2.30. The predicted octanol–water partition coefficient (Wildman–Crippen LogP) is 1.82. The molecule has 0 radical (unpaired) electrons. The third kappa shape index (κ3) is 1.33. The molecular weight excluding hydrogens is 250 g/mol. The van der Waals surface area contributed by atoms with Crippen molar-refractivity contribution in [3.63, 3.8) is 0 Å². The Morgan fingerprint density at radius 3 is 3.00 bits per heavy atom. The molecule has 0 saturated heterocycles. The van der Waals surface area contributed by atoms with Crippen molar-refractivity contribution in [1.29, 1.82) is 0 Å². The van der Waals surface area contributed by atoms with Gasteiger partial charge in [0.05, 0.1) is 17.3 Å². The van der Waals surface area contributed by atoms with Crippen molar-refractivity contribution >= 4 is 29.3 Å². The van der Waals surface area contributed by atoms with Crippen LogP contribution in [0.25, 0.3) is 10.9 Å². The number of halogens is 1. The molecule has 1 aromatic carbocycles. The monoisotopic (exact) mass is 263 g/mol. The van der Waals surface area contributed by atoms with Crippen molar-refractivity contribution in [2.45, 2.75) is 12.5 Å². The molecule has 94 valence electrons. The molecule has 2 aliphatic rings. The van der Waals surface area contributed by atoms with E-state index in [1.165, 1.54) is 16.6 Å². The minimum absolute atomic E-state index is 0. The summed E-state index contributed by atoms with van der Waals surface area (Å²) in [5.41, 5.74) is 3.55. The highest BCUT2D eigenvalue weighted by Gasteiger charge is 2.32. The second-order valence-corrected chi connectivity index (χ2v) is 4.66. The fourth-order valence-electron chi connectivity index (χ4n) is 3.08. The number of nitrogens with zero attached hydrogens (tertiary/aromatic N) is 1. The molecule has 4 rings (SSSR count). The predicted molar refractivity (Wildman–Crippen MR) is 72.4 cm³/mol. The number of benzene rings is 1.